The van der Waals surface area contributed by atoms with E-state index in [4.69, 9.17) is 9.52 Å². The van der Waals surface area contributed by atoms with Gasteiger partial charge in [-0.2, -0.15) is 0 Å². The Morgan fingerprint density at radius 1 is 1.25 bits per heavy atom. The van der Waals surface area contributed by atoms with Crippen molar-refractivity contribution in [2.45, 2.75) is 13.8 Å². The molecule has 1 heterocycles. The molecule has 4 heteroatoms. The van der Waals surface area contributed by atoms with E-state index in [1.54, 1.807) is 0 Å². The van der Waals surface area contributed by atoms with Crippen LogP contribution in [-0.4, -0.2) is 16.1 Å². The quantitative estimate of drug-likeness (QED) is 0.839. The molecule has 0 saturated heterocycles. The first-order valence-corrected chi connectivity index (χ1v) is 4.84. The molecule has 1 aromatic carbocycles. The maximum absolute atomic E-state index is 10.6. The van der Waals surface area contributed by atoms with Gasteiger partial charge in [-0.05, 0) is 26.0 Å². The number of carbonyl (C=O) groups is 1. The van der Waals surface area contributed by atoms with Gasteiger partial charge in [-0.3, -0.25) is 0 Å². The van der Waals surface area contributed by atoms with Gasteiger partial charge in [-0.15, -0.1) is 0 Å². The standard InChI is InChI=1S/C12H11NO3/c1-7-3-8(2)5-9(4-7)10-6-13-11(16-10)12(14)15/h3-6H,1-2H3,(H,14,15). The van der Waals surface area contributed by atoms with Gasteiger partial charge in [-0.1, -0.05) is 17.2 Å². The van der Waals surface area contributed by atoms with Gasteiger partial charge >= 0.3 is 11.9 Å². The summed E-state index contributed by atoms with van der Waals surface area (Å²) in [5.74, 6) is -0.964. The van der Waals surface area contributed by atoms with Crippen molar-refractivity contribution in [3.63, 3.8) is 0 Å². The van der Waals surface area contributed by atoms with E-state index in [2.05, 4.69) is 4.98 Å². The molecule has 0 aliphatic rings. The Hall–Kier alpha value is -2.10. The molecule has 0 fully saturated rings. The van der Waals surface area contributed by atoms with Crippen molar-refractivity contribution in [2.75, 3.05) is 0 Å². The highest BCUT2D eigenvalue weighted by Gasteiger charge is 2.12. The van der Waals surface area contributed by atoms with E-state index in [-0.39, 0.29) is 5.89 Å². The summed E-state index contributed by atoms with van der Waals surface area (Å²) in [4.78, 5) is 14.3. The molecule has 0 radical (unpaired) electrons. The number of nitrogens with zero attached hydrogens (tertiary/aromatic N) is 1. The molecule has 0 atom stereocenters. The summed E-state index contributed by atoms with van der Waals surface area (Å²) in [6.45, 7) is 3.95. The highest BCUT2D eigenvalue weighted by atomic mass is 16.4. The van der Waals surface area contributed by atoms with Gasteiger partial charge in [0.1, 0.15) is 0 Å². The van der Waals surface area contributed by atoms with Crippen molar-refractivity contribution in [2.24, 2.45) is 0 Å². The number of hydrogen-bond acceptors (Lipinski definition) is 3. The summed E-state index contributed by atoms with van der Waals surface area (Å²) in [6, 6.07) is 5.90. The lowest BCUT2D eigenvalue weighted by molar-refractivity contribution is 0.0654. The van der Waals surface area contributed by atoms with Gasteiger partial charge in [0, 0.05) is 5.56 Å². The minimum Gasteiger partial charge on any atom is -0.474 e. The number of aromatic nitrogens is 1. The average Bonchev–Trinajstić information content (AvgIpc) is 2.64. The number of rotatable bonds is 2. The summed E-state index contributed by atoms with van der Waals surface area (Å²) in [6.07, 6.45) is 1.43. The molecule has 2 aromatic rings. The summed E-state index contributed by atoms with van der Waals surface area (Å²) < 4.78 is 5.13. The van der Waals surface area contributed by atoms with Crippen LogP contribution >= 0.6 is 0 Å². The summed E-state index contributed by atoms with van der Waals surface area (Å²) in [5, 5.41) is 8.70. The Kier molecular flexibility index (Phi) is 2.48. The molecule has 2 rings (SSSR count). The predicted molar refractivity (Wildman–Crippen MR) is 58.4 cm³/mol. The lowest BCUT2D eigenvalue weighted by atomic mass is 10.1. The average molecular weight is 217 g/mol. The van der Waals surface area contributed by atoms with Crippen LogP contribution in [0.1, 0.15) is 21.8 Å². The molecule has 1 N–H and O–H groups in total. The SMILES string of the molecule is Cc1cc(C)cc(-c2cnc(C(=O)O)o2)c1. The van der Waals surface area contributed by atoms with E-state index in [1.807, 2.05) is 32.0 Å². The second kappa shape index (κ2) is 3.81. The Morgan fingerprint density at radius 2 is 1.88 bits per heavy atom. The fraction of sp³-hybridized carbons (Fsp3) is 0.167. The van der Waals surface area contributed by atoms with E-state index in [1.165, 1.54) is 6.20 Å². The molecule has 1 aromatic heterocycles. The zero-order valence-corrected chi connectivity index (χ0v) is 9.02. The highest BCUT2D eigenvalue weighted by Crippen LogP contribution is 2.22. The van der Waals surface area contributed by atoms with Crippen molar-refractivity contribution < 1.29 is 14.3 Å². The first-order valence-electron chi connectivity index (χ1n) is 4.84. The molecular formula is C12H11NO3. The van der Waals surface area contributed by atoms with Crippen LogP contribution in [0, 0.1) is 13.8 Å². The maximum atomic E-state index is 10.6. The zero-order valence-electron chi connectivity index (χ0n) is 9.02. The van der Waals surface area contributed by atoms with Gasteiger partial charge in [0.2, 0.25) is 0 Å². The molecule has 0 unspecified atom stereocenters. The Bertz CT molecular complexity index is 523. The zero-order chi connectivity index (χ0) is 11.7. The number of benzene rings is 1. The minimum atomic E-state index is -1.16. The van der Waals surface area contributed by atoms with E-state index >= 15 is 0 Å². The van der Waals surface area contributed by atoms with Crippen LogP contribution in [0.15, 0.2) is 28.8 Å². The molecular weight excluding hydrogens is 206 g/mol. The third-order valence-electron chi connectivity index (χ3n) is 2.19. The Labute approximate surface area is 92.6 Å². The Balaban J connectivity index is 2.46. The second-order valence-electron chi connectivity index (χ2n) is 3.71. The monoisotopic (exact) mass is 217 g/mol. The summed E-state index contributed by atoms with van der Waals surface area (Å²) in [7, 11) is 0. The minimum absolute atomic E-state index is 0.283. The summed E-state index contributed by atoms with van der Waals surface area (Å²) >= 11 is 0. The van der Waals surface area contributed by atoms with Crippen molar-refractivity contribution >= 4 is 5.97 Å². The summed E-state index contributed by atoms with van der Waals surface area (Å²) in [5.41, 5.74) is 3.05. The number of carboxylic acids is 1. The van der Waals surface area contributed by atoms with E-state index in [9.17, 15) is 4.79 Å². The molecule has 0 saturated carbocycles. The number of aromatic carboxylic acids is 1. The molecule has 4 nitrogen and oxygen atoms in total. The number of hydrogen-bond donors (Lipinski definition) is 1. The van der Waals surface area contributed by atoms with Gasteiger partial charge in [-0.25, -0.2) is 9.78 Å². The van der Waals surface area contributed by atoms with Crippen LogP contribution in [-0.2, 0) is 0 Å². The Morgan fingerprint density at radius 3 is 2.38 bits per heavy atom. The molecule has 82 valence electrons. The third-order valence-corrected chi connectivity index (χ3v) is 2.19. The van der Waals surface area contributed by atoms with Gasteiger partial charge in [0.05, 0.1) is 6.20 Å². The topological polar surface area (TPSA) is 63.3 Å². The lowest BCUT2D eigenvalue weighted by Gasteiger charge is -2.00. The van der Waals surface area contributed by atoms with E-state index in [0.29, 0.717) is 5.76 Å². The van der Waals surface area contributed by atoms with Crippen molar-refractivity contribution in [1.82, 2.24) is 4.98 Å². The largest absolute Gasteiger partial charge is 0.474 e. The van der Waals surface area contributed by atoms with E-state index in [0.717, 1.165) is 16.7 Å². The third kappa shape index (κ3) is 1.95. The predicted octanol–water partition coefficient (Wildman–Crippen LogP) is 2.66. The van der Waals surface area contributed by atoms with Gasteiger partial charge < -0.3 is 9.52 Å². The highest BCUT2D eigenvalue weighted by molar-refractivity contribution is 5.82. The second-order valence-corrected chi connectivity index (χ2v) is 3.71. The lowest BCUT2D eigenvalue weighted by Crippen LogP contribution is -1.94. The van der Waals surface area contributed by atoms with Crippen molar-refractivity contribution in [3.05, 3.63) is 41.4 Å². The van der Waals surface area contributed by atoms with Crippen LogP contribution in [0.2, 0.25) is 0 Å². The molecule has 16 heavy (non-hydrogen) atoms. The molecule has 0 spiro atoms. The normalized spacial score (nSPS) is 10.4. The van der Waals surface area contributed by atoms with Crippen LogP contribution < -0.4 is 0 Å². The van der Waals surface area contributed by atoms with Gasteiger partial charge in [0.15, 0.2) is 5.76 Å². The van der Waals surface area contributed by atoms with Crippen LogP contribution in [0.4, 0.5) is 0 Å². The van der Waals surface area contributed by atoms with Crippen LogP contribution in [0.25, 0.3) is 11.3 Å². The fourth-order valence-electron chi connectivity index (χ4n) is 1.62. The molecule has 0 aliphatic heterocycles. The van der Waals surface area contributed by atoms with Gasteiger partial charge in [0.25, 0.3) is 0 Å². The molecule has 0 aliphatic carbocycles. The molecule has 0 amide bonds. The van der Waals surface area contributed by atoms with E-state index < -0.39 is 5.97 Å². The smallest absolute Gasteiger partial charge is 0.392 e. The van der Waals surface area contributed by atoms with Crippen molar-refractivity contribution in [3.8, 4) is 11.3 Å². The number of aryl methyl sites for hydroxylation is 2. The molecule has 0 bridgehead atoms. The first-order chi connectivity index (χ1) is 7.56. The fourth-order valence-corrected chi connectivity index (χ4v) is 1.62. The van der Waals surface area contributed by atoms with Crippen LogP contribution in [0.5, 0.6) is 0 Å². The number of oxazole rings is 1. The maximum Gasteiger partial charge on any atom is 0.392 e. The number of carboxylic acid groups (broad SMARTS) is 1. The van der Waals surface area contributed by atoms with Crippen molar-refractivity contribution in [1.29, 1.82) is 0 Å². The van der Waals surface area contributed by atoms with Crippen LogP contribution in [0.3, 0.4) is 0 Å². The first kappa shape index (κ1) is 10.4.